The van der Waals surface area contributed by atoms with E-state index in [1.807, 2.05) is 30.3 Å². The summed E-state index contributed by atoms with van der Waals surface area (Å²) >= 11 is 0. The first-order chi connectivity index (χ1) is 12.6. The van der Waals surface area contributed by atoms with E-state index in [1.165, 1.54) is 6.92 Å². The third-order valence-electron chi connectivity index (χ3n) is 4.32. The van der Waals surface area contributed by atoms with Crippen molar-refractivity contribution in [2.45, 2.75) is 59.0 Å². The van der Waals surface area contributed by atoms with Crippen molar-refractivity contribution in [2.75, 3.05) is 13.7 Å². The highest BCUT2D eigenvalue weighted by atomic mass is 16.5. The van der Waals surface area contributed by atoms with Crippen molar-refractivity contribution in [1.29, 1.82) is 0 Å². The summed E-state index contributed by atoms with van der Waals surface area (Å²) in [6.45, 7) is 12.5. The summed E-state index contributed by atoms with van der Waals surface area (Å²) in [5.74, 6) is 0.255. The number of rotatable bonds is 11. The summed E-state index contributed by atoms with van der Waals surface area (Å²) in [7, 11) is 1.54. The quantitative estimate of drug-likeness (QED) is 0.584. The maximum absolute atomic E-state index is 12.8. The number of carbonyl (C=O) groups excluding carboxylic acids is 2. The van der Waals surface area contributed by atoms with Gasteiger partial charge in [-0.25, -0.2) is 0 Å². The lowest BCUT2D eigenvalue weighted by Crippen LogP contribution is -2.50. The number of ether oxygens (including phenoxy) is 1. The van der Waals surface area contributed by atoms with Gasteiger partial charge in [0.25, 0.3) is 0 Å². The SMILES string of the molecule is C=C(OC)C(Cc1ccccc1)NC(=O)C(CC(C)=O)NCCC(C)(C)C. The molecule has 27 heavy (non-hydrogen) atoms. The Kier molecular flexibility index (Phi) is 9.22. The number of methoxy groups -OCH3 is 1. The van der Waals surface area contributed by atoms with Gasteiger partial charge in [-0.15, -0.1) is 0 Å². The molecular formula is C22H34N2O3. The fourth-order valence-corrected chi connectivity index (χ4v) is 2.68. The minimum atomic E-state index is -0.562. The third-order valence-corrected chi connectivity index (χ3v) is 4.32. The van der Waals surface area contributed by atoms with Gasteiger partial charge >= 0.3 is 0 Å². The van der Waals surface area contributed by atoms with Gasteiger partial charge in [0.1, 0.15) is 11.5 Å². The van der Waals surface area contributed by atoms with Gasteiger partial charge in [0.15, 0.2) is 0 Å². The van der Waals surface area contributed by atoms with Crippen molar-refractivity contribution in [3.05, 3.63) is 48.2 Å². The number of ketones is 1. The van der Waals surface area contributed by atoms with Crippen LogP contribution in [0.25, 0.3) is 0 Å². The Morgan fingerprint density at radius 3 is 2.30 bits per heavy atom. The highest BCUT2D eigenvalue weighted by molar-refractivity contribution is 5.88. The van der Waals surface area contributed by atoms with Crippen molar-refractivity contribution in [2.24, 2.45) is 5.41 Å². The van der Waals surface area contributed by atoms with E-state index in [4.69, 9.17) is 4.74 Å². The molecule has 0 bridgehead atoms. The van der Waals surface area contributed by atoms with Crippen LogP contribution in [0.5, 0.6) is 0 Å². The van der Waals surface area contributed by atoms with E-state index in [0.29, 0.717) is 18.7 Å². The van der Waals surface area contributed by atoms with Gasteiger partial charge in [0.05, 0.1) is 19.2 Å². The molecule has 0 saturated heterocycles. The van der Waals surface area contributed by atoms with Gasteiger partial charge in [-0.3, -0.25) is 9.59 Å². The van der Waals surface area contributed by atoms with Crippen LogP contribution in [0.15, 0.2) is 42.7 Å². The van der Waals surface area contributed by atoms with Gasteiger partial charge in [-0.05, 0) is 37.3 Å². The largest absolute Gasteiger partial charge is 0.500 e. The summed E-state index contributed by atoms with van der Waals surface area (Å²) in [5, 5.41) is 6.22. The Bertz CT molecular complexity index is 620. The Labute approximate surface area is 163 Å². The Hall–Kier alpha value is -2.14. The minimum Gasteiger partial charge on any atom is -0.500 e. The van der Waals surface area contributed by atoms with E-state index in [0.717, 1.165) is 12.0 Å². The van der Waals surface area contributed by atoms with E-state index in [2.05, 4.69) is 38.0 Å². The molecular weight excluding hydrogens is 340 g/mol. The maximum atomic E-state index is 12.8. The fourth-order valence-electron chi connectivity index (χ4n) is 2.68. The van der Waals surface area contributed by atoms with Gasteiger partial charge in [-0.2, -0.15) is 0 Å². The van der Waals surface area contributed by atoms with Gasteiger partial charge in [0, 0.05) is 6.42 Å². The highest BCUT2D eigenvalue weighted by Crippen LogP contribution is 2.17. The average molecular weight is 375 g/mol. The second kappa shape index (κ2) is 10.9. The Balaban J connectivity index is 2.80. The first-order valence-corrected chi connectivity index (χ1v) is 9.42. The molecule has 0 aliphatic rings. The molecule has 0 aliphatic carbocycles. The molecule has 0 aliphatic heterocycles. The molecule has 1 aromatic rings. The normalized spacial score (nSPS) is 13.5. The van der Waals surface area contributed by atoms with Crippen LogP contribution in [-0.4, -0.2) is 37.4 Å². The molecule has 2 N–H and O–H groups in total. The van der Waals surface area contributed by atoms with E-state index < -0.39 is 6.04 Å². The predicted octanol–water partition coefficient (Wildman–Crippen LogP) is 3.25. The van der Waals surface area contributed by atoms with Crippen LogP contribution >= 0.6 is 0 Å². The molecule has 2 unspecified atom stereocenters. The second-order valence-electron chi connectivity index (χ2n) is 8.14. The van der Waals surface area contributed by atoms with Crippen molar-refractivity contribution in [1.82, 2.24) is 10.6 Å². The van der Waals surface area contributed by atoms with Crippen LogP contribution in [0.2, 0.25) is 0 Å². The monoisotopic (exact) mass is 374 g/mol. The predicted molar refractivity (Wildman–Crippen MR) is 109 cm³/mol. The topological polar surface area (TPSA) is 67.4 Å². The summed E-state index contributed by atoms with van der Waals surface area (Å²) in [6, 6.07) is 8.93. The van der Waals surface area contributed by atoms with Gasteiger partial charge in [0.2, 0.25) is 5.91 Å². The lowest BCUT2D eigenvalue weighted by atomic mass is 9.92. The third kappa shape index (κ3) is 9.38. The molecule has 0 saturated carbocycles. The zero-order valence-electron chi connectivity index (χ0n) is 17.3. The molecule has 1 amide bonds. The molecule has 5 heteroatoms. The molecule has 150 valence electrons. The first-order valence-electron chi connectivity index (χ1n) is 9.42. The standard InChI is InChI=1S/C22H34N2O3/c1-16(25)14-20(23-13-12-22(3,4)5)21(26)24-19(17(2)27-6)15-18-10-8-7-9-11-18/h7-11,19-20,23H,2,12-15H2,1,3-6H3,(H,24,26). The number of hydrogen-bond donors (Lipinski definition) is 2. The van der Waals surface area contributed by atoms with Gasteiger partial charge < -0.3 is 15.4 Å². The summed E-state index contributed by atoms with van der Waals surface area (Å²) < 4.78 is 5.28. The van der Waals surface area contributed by atoms with Crippen LogP contribution in [0.4, 0.5) is 0 Å². The number of Topliss-reactive ketones (excluding diaryl/α,β-unsaturated/α-hetero) is 1. The maximum Gasteiger partial charge on any atom is 0.238 e. The van der Waals surface area contributed by atoms with Crippen LogP contribution in [0, 0.1) is 5.41 Å². The molecule has 0 aromatic heterocycles. The number of benzene rings is 1. The lowest BCUT2D eigenvalue weighted by Gasteiger charge is -2.25. The molecule has 0 heterocycles. The van der Waals surface area contributed by atoms with E-state index >= 15 is 0 Å². The number of amides is 1. The molecule has 0 fully saturated rings. The van der Waals surface area contributed by atoms with E-state index in [9.17, 15) is 9.59 Å². The van der Waals surface area contributed by atoms with Crippen molar-refractivity contribution in [3.63, 3.8) is 0 Å². The van der Waals surface area contributed by atoms with Crippen LogP contribution in [0.3, 0.4) is 0 Å². The van der Waals surface area contributed by atoms with Crippen LogP contribution in [-0.2, 0) is 20.7 Å². The van der Waals surface area contributed by atoms with E-state index in [-0.39, 0.29) is 29.6 Å². The van der Waals surface area contributed by atoms with Crippen LogP contribution < -0.4 is 10.6 Å². The summed E-state index contributed by atoms with van der Waals surface area (Å²) in [5.41, 5.74) is 1.23. The zero-order valence-corrected chi connectivity index (χ0v) is 17.3. The fraction of sp³-hybridized carbons (Fsp3) is 0.545. The lowest BCUT2D eigenvalue weighted by molar-refractivity contribution is -0.127. The number of carbonyl (C=O) groups is 2. The van der Waals surface area contributed by atoms with Crippen LogP contribution in [0.1, 0.15) is 46.1 Å². The Morgan fingerprint density at radius 2 is 1.78 bits per heavy atom. The summed E-state index contributed by atoms with van der Waals surface area (Å²) in [4.78, 5) is 24.5. The number of nitrogens with one attached hydrogen (secondary N) is 2. The highest BCUT2D eigenvalue weighted by Gasteiger charge is 2.25. The molecule has 0 radical (unpaired) electrons. The molecule has 2 atom stereocenters. The first kappa shape index (κ1) is 22.9. The minimum absolute atomic E-state index is 0.0245. The van der Waals surface area contributed by atoms with Crippen molar-refractivity contribution >= 4 is 11.7 Å². The van der Waals surface area contributed by atoms with Gasteiger partial charge in [-0.1, -0.05) is 57.7 Å². The van der Waals surface area contributed by atoms with Crippen molar-refractivity contribution in [3.8, 4) is 0 Å². The second-order valence-corrected chi connectivity index (χ2v) is 8.14. The zero-order chi connectivity index (χ0) is 20.4. The van der Waals surface area contributed by atoms with E-state index in [1.54, 1.807) is 7.11 Å². The molecule has 1 aromatic carbocycles. The molecule has 5 nitrogen and oxygen atoms in total. The summed E-state index contributed by atoms with van der Waals surface area (Å²) in [6.07, 6.45) is 1.65. The Morgan fingerprint density at radius 1 is 1.15 bits per heavy atom. The number of hydrogen-bond acceptors (Lipinski definition) is 4. The molecule has 0 spiro atoms. The van der Waals surface area contributed by atoms with Crippen molar-refractivity contribution < 1.29 is 14.3 Å². The smallest absolute Gasteiger partial charge is 0.238 e. The average Bonchev–Trinajstić information content (AvgIpc) is 2.59. The molecule has 1 rings (SSSR count).